The zero-order chi connectivity index (χ0) is 8.97. The van der Waals surface area contributed by atoms with Gasteiger partial charge in [-0.05, 0) is 13.8 Å². The molecule has 5 heteroatoms. The second-order valence-electron chi connectivity index (χ2n) is 2.57. The van der Waals surface area contributed by atoms with Crippen molar-refractivity contribution < 1.29 is 9.26 Å². The zero-order valence-corrected chi connectivity index (χ0v) is 7.50. The van der Waals surface area contributed by atoms with E-state index >= 15 is 0 Å². The molecule has 68 valence electrons. The van der Waals surface area contributed by atoms with Crippen molar-refractivity contribution in [1.82, 2.24) is 10.1 Å². The molecule has 1 unspecified atom stereocenters. The van der Waals surface area contributed by atoms with Crippen LogP contribution in [0.1, 0.15) is 12.7 Å². The lowest BCUT2D eigenvalue weighted by Gasteiger charge is -2.07. The van der Waals surface area contributed by atoms with Crippen molar-refractivity contribution in [2.45, 2.75) is 20.0 Å². The second kappa shape index (κ2) is 4.06. The van der Waals surface area contributed by atoms with Gasteiger partial charge in [0, 0.05) is 13.7 Å². The number of anilines is 1. The summed E-state index contributed by atoms with van der Waals surface area (Å²) in [6.07, 6.45) is 0.136. The first-order chi connectivity index (χ1) is 5.72. The van der Waals surface area contributed by atoms with Gasteiger partial charge in [0.05, 0.1) is 6.10 Å². The van der Waals surface area contributed by atoms with E-state index in [1.54, 1.807) is 14.0 Å². The highest BCUT2D eigenvalue weighted by Gasteiger charge is 2.03. The summed E-state index contributed by atoms with van der Waals surface area (Å²) in [4.78, 5) is 3.97. The topological polar surface area (TPSA) is 60.2 Å². The molecule has 1 aromatic heterocycles. The maximum absolute atomic E-state index is 5.03. The molecule has 1 aromatic rings. The van der Waals surface area contributed by atoms with E-state index in [0.717, 1.165) is 0 Å². The Balaban J connectivity index is 2.33. The monoisotopic (exact) mass is 171 g/mol. The first-order valence-corrected chi connectivity index (χ1v) is 3.79. The van der Waals surface area contributed by atoms with Gasteiger partial charge in [-0.25, -0.2) is 0 Å². The molecule has 5 nitrogen and oxygen atoms in total. The largest absolute Gasteiger partial charge is 0.380 e. The van der Waals surface area contributed by atoms with E-state index < -0.39 is 0 Å². The van der Waals surface area contributed by atoms with Crippen LogP contribution in [0.3, 0.4) is 0 Å². The van der Waals surface area contributed by atoms with Crippen molar-refractivity contribution in [3.63, 3.8) is 0 Å². The van der Waals surface area contributed by atoms with Crippen LogP contribution in [0.5, 0.6) is 0 Å². The SMILES string of the molecule is COC(C)CNc1nc(C)no1. The van der Waals surface area contributed by atoms with E-state index in [1.165, 1.54) is 0 Å². The van der Waals surface area contributed by atoms with Crippen LogP contribution in [0.2, 0.25) is 0 Å². The van der Waals surface area contributed by atoms with Crippen molar-refractivity contribution in [2.24, 2.45) is 0 Å². The summed E-state index contributed by atoms with van der Waals surface area (Å²) in [7, 11) is 1.66. The van der Waals surface area contributed by atoms with Gasteiger partial charge in [0.1, 0.15) is 0 Å². The molecule has 0 amide bonds. The quantitative estimate of drug-likeness (QED) is 0.726. The second-order valence-corrected chi connectivity index (χ2v) is 2.57. The van der Waals surface area contributed by atoms with Crippen LogP contribution in [0.15, 0.2) is 4.52 Å². The molecule has 0 radical (unpaired) electrons. The van der Waals surface area contributed by atoms with Gasteiger partial charge in [0.15, 0.2) is 5.82 Å². The fourth-order valence-electron chi connectivity index (χ4n) is 0.683. The first-order valence-electron chi connectivity index (χ1n) is 3.79. The van der Waals surface area contributed by atoms with Gasteiger partial charge in [-0.2, -0.15) is 4.98 Å². The number of nitrogens with one attached hydrogen (secondary N) is 1. The Morgan fingerprint density at radius 3 is 2.92 bits per heavy atom. The van der Waals surface area contributed by atoms with Crippen LogP contribution in [0.25, 0.3) is 0 Å². The van der Waals surface area contributed by atoms with Crippen LogP contribution in [0, 0.1) is 6.92 Å². The van der Waals surface area contributed by atoms with Crippen molar-refractivity contribution >= 4 is 6.01 Å². The number of aromatic nitrogens is 2. The Labute approximate surface area is 71.1 Å². The molecule has 0 saturated heterocycles. The molecule has 0 aliphatic rings. The average Bonchev–Trinajstić information content (AvgIpc) is 2.47. The number of aryl methyl sites for hydroxylation is 1. The Kier molecular flexibility index (Phi) is 3.04. The van der Waals surface area contributed by atoms with Crippen molar-refractivity contribution in [2.75, 3.05) is 19.0 Å². The molecule has 0 bridgehead atoms. The zero-order valence-electron chi connectivity index (χ0n) is 7.50. The summed E-state index contributed by atoms with van der Waals surface area (Å²) in [5, 5.41) is 6.58. The van der Waals surface area contributed by atoms with Gasteiger partial charge < -0.3 is 14.6 Å². The Morgan fingerprint density at radius 2 is 2.42 bits per heavy atom. The summed E-state index contributed by atoms with van der Waals surface area (Å²) in [6, 6.07) is 0.441. The maximum atomic E-state index is 5.03. The molecule has 1 heterocycles. The molecule has 0 aliphatic heterocycles. The minimum Gasteiger partial charge on any atom is -0.380 e. The molecule has 12 heavy (non-hydrogen) atoms. The minimum absolute atomic E-state index is 0.136. The number of ether oxygens (including phenoxy) is 1. The Morgan fingerprint density at radius 1 is 1.67 bits per heavy atom. The molecule has 1 N–H and O–H groups in total. The lowest BCUT2D eigenvalue weighted by atomic mass is 10.4. The number of rotatable bonds is 4. The van der Waals surface area contributed by atoms with E-state index in [1.807, 2.05) is 6.92 Å². The van der Waals surface area contributed by atoms with E-state index in [4.69, 9.17) is 9.26 Å². The molecular formula is C7H13N3O2. The molecule has 0 saturated carbocycles. The summed E-state index contributed by atoms with van der Waals surface area (Å²) in [6.45, 7) is 4.39. The molecule has 0 aromatic carbocycles. The minimum atomic E-state index is 0.136. The van der Waals surface area contributed by atoms with E-state index in [-0.39, 0.29) is 6.10 Å². The van der Waals surface area contributed by atoms with Crippen LogP contribution < -0.4 is 5.32 Å². The number of hydrogen-bond acceptors (Lipinski definition) is 5. The maximum Gasteiger partial charge on any atom is 0.321 e. The highest BCUT2D eigenvalue weighted by molar-refractivity contribution is 5.17. The third-order valence-corrected chi connectivity index (χ3v) is 1.47. The normalized spacial score (nSPS) is 12.9. The van der Waals surface area contributed by atoms with Gasteiger partial charge in [-0.1, -0.05) is 5.16 Å². The van der Waals surface area contributed by atoms with Gasteiger partial charge in [0.25, 0.3) is 0 Å². The van der Waals surface area contributed by atoms with Crippen LogP contribution in [0.4, 0.5) is 6.01 Å². The van der Waals surface area contributed by atoms with Crippen molar-refractivity contribution in [3.05, 3.63) is 5.82 Å². The summed E-state index contributed by atoms with van der Waals surface area (Å²) in [5.41, 5.74) is 0. The fourth-order valence-corrected chi connectivity index (χ4v) is 0.683. The smallest absolute Gasteiger partial charge is 0.321 e. The number of nitrogens with zero attached hydrogens (tertiary/aromatic N) is 2. The van der Waals surface area contributed by atoms with Crippen molar-refractivity contribution in [3.8, 4) is 0 Å². The van der Waals surface area contributed by atoms with Crippen LogP contribution in [-0.2, 0) is 4.74 Å². The predicted octanol–water partition coefficient (Wildman–Crippen LogP) is 0.825. The molecule has 0 spiro atoms. The molecule has 1 atom stereocenters. The van der Waals surface area contributed by atoms with Crippen molar-refractivity contribution in [1.29, 1.82) is 0 Å². The first kappa shape index (κ1) is 8.99. The van der Waals surface area contributed by atoms with Gasteiger partial charge in [-0.15, -0.1) is 0 Å². The Bertz CT molecular complexity index is 236. The average molecular weight is 171 g/mol. The molecular weight excluding hydrogens is 158 g/mol. The lowest BCUT2D eigenvalue weighted by Crippen LogP contribution is -2.18. The summed E-state index contributed by atoms with van der Waals surface area (Å²) in [5.74, 6) is 0.627. The highest BCUT2D eigenvalue weighted by atomic mass is 16.5. The van der Waals surface area contributed by atoms with E-state index in [9.17, 15) is 0 Å². The number of hydrogen-bond donors (Lipinski definition) is 1. The summed E-state index contributed by atoms with van der Waals surface area (Å²) >= 11 is 0. The van der Waals surface area contributed by atoms with E-state index in [0.29, 0.717) is 18.4 Å². The Hall–Kier alpha value is -1.10. The van der Waals surface area contributed by atoms with E-state index in [2.05, 4.69) is 15.5 Å². The molecule has 1 rings (SSSR count). The highest BCUT2D eigenvalue weighted by Crippen LogP contribution is 2.01. The van der Waals surface area contributed by atoms with Gasteiger partial charge in [0.2, 0.25) is 0 Å². The predicted molar refractivity (Wildman–Crippen MR) is 44.0 cm³/mol. The van der Waals surface area contributed by atoms with Crippen LogP contribution in [-0.4, -0.2) is 29.9 Å². The fraction of sp³-hybridized carbons (Fsp3) is 0.714. The van der Waals surface area contributed by atoms with Crippen LogP contribution >= 0.6 is 0 Å². The van der Waals surface area contributed by atoms with Gasteiger partial charge >= 0.3 is 6.01 Å². The lowest BCUT2D eigenvalue weighted by molar-refractivity contribution is 0.128. The third kappa shape index (κ3) is 2.50. The summed E-state index contributed by atoms with van der Waals surface area (Å²) < 4.78 is 9.86. The molecule has 0 fully saturated rings. The molecule has 0 aliphatic carbocycles. The van der Waals surface area contributed by atoms with Gasteiger partial charge in [-0.3, -0.25) is 0 Å². The third-order valence-electron chi connectivity index (χ3n) is 1.47. The number of methoxy groups -OCH3 is 1. The standard InChI is InChI=1S/C7H13N3O2/c1-5(11-3)4-8-7-9-6(2)10-12-7/h5H,4H2,1-3H3,(H,8,9,10).